The van der Waals surface area contributed by atoms with Crippen molar-refractivity contribution in [2.75, 3.05) is 34.3 Å². The van der Waals surface area contributed by atoms with Crippen molar-refractivity contribution in [1.82, 2.24) is 14.8 Å². The molecule has 8 nitrogen and oxygen atoms in total. The van der Waals surface area contributed by atoms with Gasteiger partial charge in [0.2, 0.25) is 0 Å². The number of quaternary nitrogens is 1. The fourth-order valence-electron chi connectivity index (χ4n) is 5.19. The largest absolute Gasteiger partial charge is 0.508 e. The Morgan fingerprint density at radius 2 is 2.00 bits per heavy atom. The number of hydrogen-bond donors (Lipinski definition) is 3. The van der Waals surface area contributed by atoms with Gasteiger partial charge in [0.1, 0.15) is 23.1 Å². The molecule has 0 spiro atoms. The zero-order valence-electron chi connectivity index (χ0n) is 19.3. The number of nitrogens with one attached hydrogen (secondary N) is 2. The minimum absolute atomic E-state index is 0.116. The second-order valence-electron chi connectivity index (χ2n) is 9.44. The van der Waals surface area contributed by atoms with Crippen molar-refractivity contribution in [2.24, 2.45) is 0 Å². The molecule has 172 valence electrons. The summed E-state index contributed by atoms with van der Waals surface area (Å²) in [5.41, 5.74) is 2.51. The Bertz CT molecular complexity index is 1270. The highest BCUT2D eigenvalue weighted by atomic mass is 16.5. The second-order valence-corrected chi connectivity index (χ2v) is 9.44. The van der Waals surface area contributed by atoms with Gasteiger partial charge in [-0.25, -0.2) is 4.79 Å². The Morgan fingerprint density at radius 1 is 1.21 bits per heavy atom. The van der Waals surface area contributed by atoms with Gasteiger partial charge in [-0.15, -0.1) is 0 Å². The number of aromatic hydroxyl groups is 1. The van der Waals surface area contributed by atoms with Gasteiger partial charge in [0.05, 0.1) is 34.3 Å². The van der Waals surface area contributed by atoms with Gasteiger partial charge < -0.3 is 19.7 Å². The third-order valence-corrected chi connectivity index (χ3v) is 6.89. The molecule has 5 rings (SSSR count). The quantitative estimate of drug-likeness (QED) is 0.517. The summed E-state index contributed by atoms with van der Waals surface area (Å²) in [6.45, 7) is 2.89. The molecule has 3 aromatic rings. The molecule has 2 aliphatic rings. The molecule has 8 heteroatoms. The number of rotatable bonds is 5. The molecule has 1 unspecified atom stereocenters. The molecule has 2 atom stereocenters. The number of imide groups is 1. The van der Waals surface area contributed by atoms with Crippen molar-refractivity contribution in [3.05, 3.63) is 59.3 Å². The van der Waals surface area contributed by atoms with Gasteiger partial charge in [-0.05, 0) is 48.4 Å². The van der Waals surface area contributed by atoms with Gasteiger partial charge in [0.15, 0.2) is 0 Å². The minimum Gasteiger partial charge on any atom is -0.508 e. The molecule has 3 N–H and O–H groups in total. The smallest absolute Gasteiger partial charge is 0.328 e. The Hall–Kier alpha value is -3.52. The number of aromatic amines is 1. The number of benzene rings is 2. The highest BCUT2D eigenvalue weighted by molar-refractivity contribution is 6.08. The van der Waals surface area contributed by atoms with Crippen LogP contribution in [0.5, 0.6) is 11.5 Å². The van der Waals surface area contributed by atoms with E-state index in [2.05, 4.69) is 4.98 Å². The number of fused-ring (bicyclic) bond motifs is 4. The van der Waals surface area contributed by atoms with Crippen LogP contribution in [0.2, 0.25) is 0 Å². The van der Waals surface area contributed by atoms with Crippen molar-refractivity contribution in [1.29, 1.82) is 0 Å². The molecule has 3 amide bonds. The first-order chi connectivity index (χ1) is 15.7. The van der Waals surface area contributed by atoms with E-state index in [0.29, 0.717) is 19.5 Å². The van der Waals surface area contributed by atoms with Crippen LogP contribution in [0.25, 0.3) is 10.9 Å². The highest BCUT2D eigenvalue weighted by Gasteiger charge is 2.60. The summed E-state index contributed by atoms with van der Waals surface area (Å²) in [7, 11) is 5.63. The van der Waals surface area contributed by atoms with Crippen LogP contribution in [-0.4, -0.2) is 71.7 Å². The van der Waals surface area contributed by atoms with E-state index in [4.69, 9.17) is 4.74 Å². The van der Waals surface area contributed by atoms with E-state index in [9.17, 15) is 14.7 Å². The number of hydrogen-bond acceptors (Lipinski definition) is 4. The molecule has 1 saturated heterocycles. The van der Waals surface area contributed by atoms with Crippen LogP contribution in [0.3, 0.4) is 0 Å². The number of aromatic nitrogens is 1. The Balaban J connectivity index is 1.72. The molecule has 0 bridgehead atoms. The number of amides is 3. The number of carbonyl (C=O) groups excluding carboxylic acids is 2. The number of likely N-dealkylation sites (N-methyl/N-ethyl adjacent to an activating group) is 1. The first-order valence-electron chi connectivity index (χ1n) is 11.2. The number of ether oxygens (including phenoxy) is 1. The van der Waals surface area contributed by atoms with E-state index >= 15 is 0 Å². The summed E-state index contributed by atoms with van der Waals surface area (Å²) in [5, 5.41) is 11.2. The number of nitrogens with zero attached hydrogens (tertiary/aromatic N) is 2. The Kier molecular flexibility index (Phi) is 4.86. The van der Waals surface area contributed by atoms with Gasteiger partial charge in [-0.2, -0.15) is 0 Å². The lowest BCUT2D eigenvalue weighted by Gasteiger charge is -2.42. The van der Waals surface area contributed by atoms with Crippen LogP contribution in [0, 0.1) is 0 Å². The van der Waals surface area contributed by atoms with Crippen LogP contribution in [0.4, 0.5) is 4.79 Å². The topological polar surface area (TPSA) is 90.3 Å². The van der Waals surface area contributed by atoms with Gasteiger partial charge in [0, 0.05) is 23.0 Å². The molecule has 33 heavy (non-hydrogen) atoms. The van der Waals surface area contributed by atoms with Crippen molar-refractivity contribution >= 4 is 22.8 Å². The summed E-state index contributed by atoms with van der Waals surface area (Å²) in [4.78, 5) is 35.1. The SMILES string of the molecule is COc1ccc2[nH]c3c(c2c1)C[C@@]1(C)C(=O)N(CC[NH+](C)C)C(=O)N1C3c1cccc(O)c1. The maximum atomic E-state index is 13.7. The van der Waals surface area contributed by atoms with Gasteiger partial charge in [0.25, 0.3) is 5.91 Å². The summed E-state index contributed by atoms with van der Waals surface area (Å²) in [6, 6.07) is 11.9. The standard InChI is InChI=1S/C25H28N4O4/c1-25-14-19-18-13-17(33-4)8-9-20(18)26-21(19)22(15-6-5-7-16(30)12-15)29(25)24(32)28(23(25)31)11-10-27(2)3/h5-9,12-13,22,26,30H,10-11,14H2,1-4H3/p+1/t22?,25-/m0/s1. The van der Waals surface area contributed by atoms with E-state index in [1.165, 1.54) is 9.80 Å². The summed E-state index contributed by atoms with van der Waals surface area (Å²) in [5.74, 6) is 0.669. The van der Waals surface area contributed by atoms with Crippen LogP contribution < -0.4 is 9.64 Å². The van der Waals surface area contributed by atoms with Crippen molar-refractivity contribution in [3.63, 3.8) is 0 Å². The zero-order valence-corrected chi connectivity index (χ0v) is 19.3. The van der Waals surface area contributed by atoms with E-state index < -0.39 is 11.6 Å². The first kappa shape index (κ1) is 21.3. The van der Waals surface area contributed by atoms with Crippen molar-refractivity contribution in [3.8, 4) is 11.5 Å². The highest BCUT2D eigenvalue weighted by Crippen LogP contribution is 2.49. The molecule has 0 saturated carbocycles. The molecule has 3 heterocycles. The predicted octanol–water partition coefficient (Wildman–Crippen LogP) is 1.70. The molecule has 0 radical (unpaired) electrons. The lowest BCUT2D eigenvalue weighted by molar-refractivity contribution is -0.857. The lowest BCUT2D eigenvalue weighted by Crippen LogP contribution is -3.06. The van der Waals surface area contributed by atoms with E-state index in [-0.39, 0.29) is 17.7 Å². The number of carbonyl (C=O) groups is 2. The molecular weight excluding hydrogens is 420 g/mol. The second kappa shape index (κ2) is 7.52. The molecule has 1 fully saturated rings. The van der Waals surface area contributed by atoms with Crippen LogP contribution >= 0.6 is 0 Å². The predicted molar refractivity (Wildman–Crippen MR) is 124 cm³/mol. The van der Waals surface area contributed by atoms with Crippen LogP contribution in [-0.2, 0) is 11.2 Å². The first-order valence-corrected chi connectivity index (χ1v) is 11.2. The molecule has 2 aliphatic heterocycles. The molecule has 1 aromatic heterocycles. The summed E-state index contributed by atoms with van der Waals surface area (Å²) < 4.78 is 5.44. The minimum atomic E-state index is -1.03. The lowest BCUT2D eigenvalue weighted by atomic mass is 9.81. The van der Waals surface area contributed by atoms with Crippen molar-refractivity contribution < 1.29 is 24.3 Å². The average molecular weight is 450 g/mol. The normalized spacial score (nSPS) is 22.3. The molecule has 0 aliphatic carbocycles. The van der Waals surface area contributed by atoms with E-state index in [1.807, 2.05) is 45.3 Å². The Labute approximate surface area is 192 Å². The van der Waals surface area contributed by atoms with Crippen LogP contribution in [0.15, 0.2) is 42.5 Å². The van der Waals surface area contributed by atoms with Gasteiger partial charge >= 0.3 is 6.03 Å². The monoisotopic (exact) mass is 449 g/mol. The van der Waals surface area contributed by atoms with Crippen molar-refractivity contribution in [2.45, 2.75) is 24.9 Å². The zero-order chi connectivity index (χ0) is 23.5. The van der Waals surface area contributed by atoms with E-state index in [0.717, 1.165) is 33.5 Å². The number of phenolic OH excluding ortho intramolecular Hbond substituents is 1. The molecular formula is C25H29N4O4+. The summed E-state index contributed by atoms with van der Waals surface area (Å²) >= 11 is 0. The van der Waals surface area contributed by atoms with Gasteiger partial charge in [-0.1, -0.05) is 12.1 Å². The number of urea groups is 1. The number of phenols is 1. The fraction of sp³-hybridized carbons (Fsp3) is 0.360. The third-order valence-electron chi connectivity index (χ3n) is 6.89. The average Bonchev–Trinajstić information content (AvgIpc) is 3.22. The Morgan fingerprint density at radius 3 is 2.70 bits per heavy atom. The fourth-order valence-corrected chi connectivity index (χ4v) is 5.19. The maximum absolute atomic E-state index is 13.7. The van der Waals surface area contributed by atoms with E-state index in [1.54, 1.807) is 30.2 Å². The maximum Gasteiger partial charge on any atom is 0.328 e. The third kappa shape index (κ3) is 3.16. The van der Waals surface area contributed by atoms with Crippen LogP contribution in [0.1, 0.15) is 29.8 Å². The molecule has 2 aromatic carbocycles. The number of H-pyrrole nitrogens is 1. The number of methoxy groups -OCH3 is 1. The van der Waals surface area contributed by atoms with Gasteiger partial charge in [-0.3, -0.25) is 14.6 Å². The summed E-state index contributed by atoms with van der Waals surface area (Å²) in [6.07, 6.45) is 0.403.